The van der Waals surface area contributed by atoms with Gasteiger partial charge in [0.25, 0.3) is 6.08 Å². The summed E-state index contributed by atoms with van der Waals surface area (Å²) in [6, 6.07) is 0. The molecule has 4 heteroatoms. The van der Waals surface area contributed by atoms with Crippen LogP contribution in [0.3, 0.4) is 0 Å². The van der Waals surface area contributed by atoms with Gasteiger partial charge in [-0.15, -0.1) is 0 Å². The van der Waals surface area contributed by atoms with Crippen molar-refractivity contribution < 1.29 is 18.3 Å². The maximum Gasteiger partial charge on any atom is 0.266 e. The van der Waals surface area contributed by atoms with Gasteiger partial charge in [-0.05, 0) is 99.9 Å². The Kier molecular flexibility index (Phi) is 11.4. The van der Waals surface area contributed by atoms with Gasteiger partial charge in [0.05, 0.1) is 13.2 Å². The summed E-state index contributed by atoms with van der Waals surface area (Å²) >= 11 is 0. The van der Waals surface area contributed by atoms with Gasteiger partial charge in [-0.2, -0.15) is 8.78 Å². The van der Waals surface area contributed by atoms with Crippen LogP contribution in [0.15, 0.2) is 12.2 Å². The molecule has 1 saturated heterocycles. The number of hydrogen-bond donors (Lipinski definition) is 0. The van der Waals surface area contributed by atoms with Crippen LogP contribution in [0.1, 0.15) is 122 Å². The lowest BCUT2D eigenvalue weighted by molar-refractivity contribution is -0.237. The third-order valence-corrected chi connectivity index (χ3v) is 10.2. The molecule has 0 radical (unpaired) electrons. The summed E-state index contributed by atoms with van der Waals surface area (Å²) in [6.07, 6.45) is 22.8. The minimum absolute atomic E-state index is 0.0551. The fraction of sp³-hybridized carbons (Fsp3) is 0.935. The van der Waals surface area contributed by atoms with Crippen LogP contribution in [-0.4, -0.2) is 19.5 Å². The van der Waals surface area contributed by atoms with Crippen LogP contribution < -0.4 is 0 Å². The fourth-order valence-electron chi connectivity index (χ4n) is 7.87. The molecule has 0 bridgehead atoms. The van der Waals surface area contributed by atoms with E-state index in [0.29, 0.717) is 11.8 Å². The van der Waals surface area contributed by atoms with Crippen molar-refractivity contribution in [3.05, 3.63) is 12.2 Å². The maximum absolute atomic E-state index is 12.4. The Bertz CT molecular complexity index is 601. The van der Waals surface area contributed by atoms with E-state index in [-0.39, 0.29) is 12.2 Å². The molecule has 3 saturated carbocycles. The Morgan fingerprint density at radius 2 is 1.11 bits per heavy atom. The molecule has 0 aromatic carbocycles. The Labute approximate surface area is 214 Å². The number of halogens is 2. The van der Waals surface area contributed by atoms with Crippen molar-refractivity contribution in [1.29, 1.82) is 0 Å². The Balaban J connectivity index is 1.03. The van der Waals surface area contributed by atoms with E-state index in [1.165, 1.54) is 96.0 Å². The lowest BCUT2D eigenvalue weighted by Crippen LogP contribution is -2.41. The molecule has 2 nitrogen and oxygen atoms in total. The van der Waals surface area contributed by atoms with E-state index in [1.54, 1.807) is 0 Å². The monoisotopic (exact) mass is 494 g/mol. The van der Waals surface area contributed by atoms with Gasteiger partial charge in [-0.25, -0.2) is 0 Å². The van der Waals surface area contributed by atoms with E-state index in [2.05, 4.69) is 6.92 Å². The molecular weight excluding hydrogens is 442 g/mol. The second kappa shape index (κ2) is 14.5. The second-order valence-electron chi connectivity index (χ2n) is 12.7. The van der Waals surface area contributed by atoms with Crippen LogP contribution in [0, 0.1) is 41.4 Å². The molecule has 1 aliphatic heterocycles. The highest BCUT2D eigenvalue weighted by Gasteiger charge is 2.36. The summed E-state index contributed by atoms with van der Waals surface area (Å²) in [7, 11) is 0. The first kappa shape index (κ1) is 27.6. The van der Waals surface area contributed by atoms with E-state index < -0.39 is 6.08 Å². The molecule has 4 rings (SSSR count). The number of allylic oxidation sites excluding steroid dienone is 1. The summed E-state index contributed by atoms with van der Waals surface area (Å²) < 4.78 is 37.5. The van der Waals surface area contributed by atoms with Gasteiger partial charge in [0, 0.05) is 11.8 Å². The standard InChI is InChI=1S/C31H52F2O2/c1-2-5-23-12-16-27(17-13-23)29-21-34-31(35-22-29)28-18-14-25(15-19-28)7-4-3-6-24-8-10-26(11-9-24)20-30(32)33/h20,23-29,31H,2-19,21-22H2,1H3. The third-order valence-electron chi connectivity index (χ3n) is 10.2. The zero-order valence-corrected chi connectivity index (χ0v) is 22.4. The number of rotatable bonds is 10. The minimum Gasteiger partial charge on any atom is -0.352 e. The average molecular weight is 495 g/mol. The molecule has 0 unspecified atom stereocenters. The van der Waals surface area contributed by atoms with Gasteiger partial charge < -0.3 is 9.47 Å². The molecule has 1 heterocycles. The molecule has 0 aromatic heterocycles. The molecule has 0 N–H and O–H groups in total. The van der Waals surface area contributed by atoms with Crippen molar-refractivity contribution in [1.82, 2.24) is 0 Å². The van der Waals surface area contributed by atoms with Crippen molar-refractivity contribution in [2.45, 2.75) is 129 Å². The fourth-order valence-corrected chi connectivity index (χ4v) is 7.87. The Morgan fingerprint density at radius 3 is 1.63 bits per heavy atom. The molecular formula is C31H52F2O2. The van der Waals surface area contributed by atoms with Gasteiger partial charge in [0.2, 0.25) is 0 Å². The van der Waals surface area contributed by atoms with Crippen molar-refractivity contribution >= 4 is 0 Å². The molecule has 0 spiro atoms. The normalized spacial score (nSPS) is 38.7. The molecule has 0 aromatic rings. The van der Waals surface area contributed by atoms with E-state index >= 15 is 0 Å². The van der Waals surface area contributed by atoms with E-state index in [1.807, 2.05) is 0 Å². The van der Waals surface area contributed by atoms with E-state index in [4.69, 9.17) is 9.47 Å². The first-order valence-electron chi connectivity index (χ1n) is 15.4. The molecule has 35 heavy (non-hydrogen) atoms. The van der Waals surface area contributed by atoms with Gasteiger partial charge in [-0.1, -0.05) is 58.3 Å². The zero-order valence-electron chi connectivity index (χ0n) is 22.4. The van der Waals surface area contributed by atoms with Gasteiger partial charge >= 0.3 is 0 Å². The van der Waals surface area contributed by atoms with Crippen molar-refractivity contribution in [2.75, 3.05) is 13.2 Å². The molecule has 4 fully saturated rings. The highest BCUT2D eigenvalue weighted by molar-refractivity contribution is 4.90. The lowest BCUT2D eigenvalue weighted by atomic mass is 9.74. The zero-order chi connectivity index (χ0) is 24.5. The molecule has 4 aliphatic rings. The Hall–Kier alpha value is -0.480. The van der Waals surface area contributed by atoms with Crippen molar-refractivity contribution in [2.24, 2.45) is 41.4 Å². The van der Waals surface area contributed by atoms with Crippen molar-refractivity contribution in [3.63, 3.8) is 0 Å². The topological polar surface area (TPSA) is 18.5 Å². The number of unbranched alkanes of at least 4 members (excludes halogenated alkanes) is 1. The van der Waals surface area contributed by atoms with Crippen LogP contribution in [0.4, 0.5) is 8.78 Å². The van der Waals surface area contributed by atoms with Crippen LogP contribution >= 0.6 is 0 Å². The predicted molar refractivity (Wildman–Crippen MR) is 139 cm³/mol. The molecule has 0 atom stereocenters. The first-order valence-corrected chi connectivity index (χ1v) is 15.4. The molecule has 202 valence electrons. The van der Waals surface area contributed by atoms with Crippen LogP contribution in [0.2, 0.25) is 0 Å². The quantitative estimate of drug-likeness (QED) is 0.281. The number of ether oxygens (including phenoxy) is 2. The highest BCUT2D eigenvalue weighted by Crippen LogP contribution is 2.40. The third kappa shape index (κ3) is 8.80. The lowest BCUT2D eigenvalue weighted by Gasteiger charge is -2.41. The first-order chi connectivity index (χ1) is 17.1. The van der Waals surface area contributed by atoms with E-state index in [9.17, 15) is 8.78 Å². The highest BCUT2D eigenvalue weighted by atomic mass is 19.3. The smallest absolute Gasteiger partial charge is 0.266 e. The predicted octanol–water partition coefficient (Wildman–Crippen LogP) is 9.54. The van der Waals surface area contributed by atoms with Gasteiger partial charge in [-0.3, -0.25) is 0 Å². The van der Waals surface area contributed by atoms with E-state index in [0.717, 1.165) is 62.6 Å². The molecule has 3 aliphatic carbocycles. The molecule has 0 amide bonds. The summed E-state index contributed by atoms with van der Waals surface area (Å²) in [4.78, 5) is 0. The minimum atomic E-state index is -1.49. The average Bonchev–Trinajstić information content (AvgIpc) is 2.88. The largest absolute Gasteiger partial charge is 0.352 e. The van der Waals surface area contributed by atoms with Crippen molar-refractivity contribution in [3.8, 4) is 0 Å². The summed E-state index contributed by atoms with van der Waals surface area (Å²) in [5, 5.41) is 0. The summed E-state index contributed by atoms with van der Waals surface area (Å²) in [6.45, 7) is 4.17. The SMILES string of the molecule is CCCC1CCC(C2COC(C3CCC(CCCCC4CCC(C=C(F)F)CC4)CC3)OC2)CC1. The van der Waals surface area contributed by atoms with Crippen LogP contribution in [0.25, 0.3) is 0 Å². The summed E-state index contributed by atoms with van der Waals surface area (Å²) in [5.74, 6) is 4.81. The van der Waals surface area contributed by atoms with Gasteiger partial charge in [0.15, 0.2) is 6.29 Å². The van der Waals surface area contributed by atoms with Crippen LogP contribution in [-0.2, 0) is 9.47 Å². The van der Waals surface area contributed by atoms with Crippen LogP contribution in [0.5, 0.6) is 0 Å². The maximum atomic E-state index is 12.4. The van der Waals surface area contributed by atoms with Gasteiger partial charge in [0.1, 0.15) is 0 Å². The summed E-state index contributed by atoms with van der Waals surface area (Å²) in [5.41, 5.74) is 0. The second-order valence-corrected chi connectivity index (χ2v) is 12.7. The number of hydrogen-bond acceptors (Lipinski definition) is 2. The Morgan fingerprint density at radius 1 is 0.629 bits per heavy atom.